The van der Waals surface area contributed by atoms with Gasteiger partial charge in [0.2, 0.25) is 0 Å². The molecule has 0 fully saturated rings. The molecule has 0 aliphatic carbocycles. The highest BCUT2D eigenvalue weighted by molar-refractivity contribution is 7.98. The van der Waals surface area contributed by atoms with Crippen molar-refractivity contribution in [1.29, 1.82) is 0 Å². The average molecular weight is 296 g/mol. The molecular formula is C14H18ClN3S. The van der Waals surface area contributed by atoms with E-state index in [1.54, 1.807) is 18.0 Å². The average Bonchev–Trinajstić information content (AvgIpc) is 2.76. The third-order valence-corrected chi connectivity index (χ3v) is 4.57. The zero-order valence-electron chi connectivity index (χ0n) is 11.4. The molecule has 0 saturated heterocycles. The molecule has 0 amide bonds. The van der Waals surface area contributed by atoms with Crippen LogP contribution in [0.1, 0.15) is 24.4 Å². The fourth-order valence-electron chi connectivity index (χ4n) is 1.73. The third-order valence-electron chi connectivity index (χ3n) is 3.21. The molecule has 1 atom stereocenters. The SMILES string of the molecule is CNC(C)c1ccc(SCc2ncc(Cl)n2C)cc1. The quantitative estimate of drug-likeness (QED) is 0.854. The molecule has 2 aromatic rings. The highest BCUT2D eigenvalue weighted by Crippen LogP contribution is 2.24. The molecule has 2 rings (SSSR count). The lowest BCUT2D eigenvalue weighted by molar-refractivity contribution is 0.652. The van der Waals surface area contributed by atoms with Crippen LogP contribution >= 0.6 is 23.4 Å². The summed E-state index contributed by atoms with van der Waals surface area (Å²) in [6, 6.07) is 9.01. The molecule has 0 saturated carbocycles. The molecule has 0 bridgehead atoms. The van der Waals surface area contributed by atoms with Gasteiger partial charge in [-0.3, -0.25) is 0 Å². The first-order valence-electron chi connectivity index (χ1n) is 6.18. The van der Waals surface area contributed by atoms with Crippen molar-refractivity contribution in [1.82, 2.24) is 14.9 Å². The molecule has 19 heavy (non-hydrogen) atoms. The molecule has 1 aromatic carbocycles. The van der Waals surface area contributed by atoms with Crippen LogP contribution in [0.25, 0.3) is 0 Å². The Morgan fingerprint density at radius 1 is 1.37 bits per heavy atom. The Kier molecular flexibility index (Phi) is 4.91. The van der Waals surface area contributed by atoms with Gasteiger partial charge in [0, 0.05) is 18.0 Å². The van der Waals surface area contributed by atoms with Crippen molar-refractivity contribution in [2.24, 2.45) is 7.05 Å². The molecule has 102 valence electrons. The first-order valence-corrected chi connectivity index (χ1v) is 7.54. The fraction of sp³-hybridized carbons (Fsp3) is 0.357. The minimum absolute atomic E-state index is 0.382. The number of thioether (sulfide) groups is 1. The molecule has 1 unspecified atom stereocenters. The molecule has 0 radical (unpaired) electrons. The largest absolute Gasteiger partial charge is 0.322 e. The van der Waals surface area contributed by atoms with Crippen LogP contribution < -0.4 is 5.32 Å². The predicted octanol–water partition coefficient (Wildman–Crippen LogP) is 3.65. The van der Waals surface area contributed by atoms with Crippen LogP contribution in [0.2, 0.25) is 5.15 Å². The maximum absolute atomic E-state index is 5.97. The number of nitrogens with zero attached hydrogens (tertiary/aromatic N) is 2. The van der Waals surface area contributed by atoms with E-state index in [1.165, 1.54) is 10.5 Å². The van der Waals surface area contributed by atoms with Crippen molar-refractivity contribution in [3.8, 4) is 0 Å². The highest BCUT2D eigenvalue weighted by atomic mass is 35.5. The topological polar surface area (TPSA) is 29.9 Å². The summed E-state index contributed by atoms with van der Waals surface area (Å²) in [4.78, 5) is 5.53. The predicted molar refractivity (Wildman–Crippen MR) is 81.7 cm³/mol. The number of benzene rings is 1. The van der Waals surface area contributed by atoms with Crippen molar-refractivity contribution in [3.05, 3.63) is 47.0 Å². The van der Waals surface area contributed by atoms with Crippen molar-refractivity contribution in [3.63, 3.8) is 0 Å². The van der Waals surface area contributed by atoms with Gasteiger partial charge in [-0.2, -0.15) is 0 Å². The van der Waals surface area contributed by atoms with Crippen LogP contribution in [0.4, 0.5) is 0 Å². The third kappa shape index (κ3) is 3.53. The maximum Gasteiger partial charge on any atom is 0.128 e. The molecule has 1 aromatic heterocycles. The molecule has 5 heteroatoms. The summed E-state index contributed by atoms with van der Waals surface area (Å²) in [5.41, 5.74) is 1.30. The van der Waals surface area contributed by atoms with Gasteiger partial charge in [-0.05, 0) is 31.7 Å². The van der Waals surface area contributed by atoms with Gasteiger partial charge in [0.1, 0.15) is 11.0 Å². The summed E-state index contributed by atoms with van der Waals surface area (Å²) in [5.74, 6) is 1.81. The van der Waals surface area contributed by atoms with Gasteiger partial charge in [-0.15, -0.1) is 11.8 Å². The van der Waals surface area contributed by atoms with E-state index in [2.05, 4.69) is 41.5 Å². The first kappa shape index (κ1) is 14.4. The van der Waals surface area contributed by atoms with Gasteiger partial charge in [-0.1, -0.05) is 23.7 Å². The van der Waals surface area contributed by atoms with Crippen molar-refractivity contribution >= 4 is 23.4 Å². The Morgan fingerprint density at radius 2 is 2.05 bits per heavy atom. The molecule has 1 N–H and O–H groups in total. The lowest BCUT2D eigenvalue weighted by Gasteiger charge is -2.11. The smallest absolute Gasteiger partial charge is 0.128 e. The van der Waals surface area contributed by atoms with Gasteiger partial charge >= 0.3 is 0 Å². The van der Waals surface area contributed by atoms with E-state index in [9.17, 15) is 0 Å². The molecule has 0 aliphatic heterocycles. The minimum Gasteiger partial charge on any atom is -0.322 e. The maximum atomic E-state index is 5.97. The van der Waals surface area contributed by atoms with Crippen molar-refractivity contribution < 1.29 is 0 Å². The van der Waals surface area contributed by atoms with Crippen LogP contribution in [0.3, 0.4) is 0 Å². The summed E-state index contributed by atoms with van der Waals surface area (Å²) < 4.78 is 1.91. The number of aromatic nitrogens is 2. The van der Waals surface area contributed by atoms with Gasteiger partial charge in [0.05, 0.1) is 11.9 Å². The minimum atomic E-state index is 0.382. The number of imidazole rings is 1. The van der Waals surface area contributed by atoms with E-state index in [4.69, 9.17) is 11.6 Å². The molecular weight excluding hydrogens is 278 g/mol. The summed E-state index contributed by atoms with van der Waals surface area (Å²) in [6.45, 7) is 2.15. The standard InChI is InChI=1S/C14H18ClN3S/c1-10(16-2)11-4-6-12(7-5-11)19-9-14-17-8-13(15)18(14)3/h4-8,10,16H,9H2,1-3H3. The van der Waals surface area contributed by atoms with Gasteiger partial charge in [0.15, 0.2) is 0 Å². The summed E-state index contributed by atoms with van der Waals surface area (Å²) in [7, 11) is 3.90. The molecule has 0 aliphatic rings. The van der Waals surface area contributed by atoms with Crippen molar-refractivity contribution in [2.45, 2.75) is 23.6 Å². The van der Waals surface area contributed by atoms with Crippen molar-refractivity contribution in [2.75, 3.05) is 7.05 Å². The second-order valence-corrected chi connectivity index (χ2v) is 5.86. The second kappa shape index (κ2) is 6.46. The second-order valence-electron chi connectivity index (χ2n) is 4.42. The Labute approximate surface area is 123 Å². The number of hydrogen-bond acceptors (Lipinski definition) is 3. The number of rotatable bonds is 5. The fourth-order valence-corrected chi connectivity index (χ4v) is 2.76. The van der Waals surface area contributed by atoms with Crippen LogP contribution in [0.15, 0.2) is 35.4 Å². The number of nitrogens with one attached hydrogen (secondary N) is 1. The lowest BCUT2D eigenvalue weighted by Crippen LogP contribution is -2.11. The Morgan fingerprint density at radius 3 is 2.58 bits per heavy atom. The Hall–Kier alpha value is -0.970. The number of halogens is 1. The summed E-state index contributed by atoms with van der Waals surface area (Å²) in [5, 5.41) is 3.91. The molecule has 0 spiro atoms. The Balaban J connectivity index is 1.98. The van der Waals surface area contributed by atoms with E-state index < -0.39 is 0 Å². The van der Waals surface area contributed by atoms with E-state index >= 15 is 0 Å². The Bertz CT molecular complexity index is 536. The molecule has 1 heterocycles. The van der Waals surface area contributed by atoms with Gasteiger partial charge < -0.3 is 9.88 Å². The van der Waals surface area contributed by atoms with Gasteiger partial charge in [-0.25, -0.2) is 4.98 Å². The van der Waals surface area contributed by atoms with Crippen LogP contribution in [-0.2, 0) is 12.8 Å². The van der Waals surface area contributed by atoms with Gasteiger partial charge in [0.25, 0.3) is 0 Å². The van der Waals surface area contributed by atoms with E-state index in [1.807, 2.05) is 18.7 Å². The van der Waals surface area contributed by atoms with E-state index in [0.29, 0.717) is 11.2 Å². The van der Waals surface area contributed by atoms with E-state index in [0.717, 1.165) is 11.6 Å². The molecule has 3 nitrogen and oxygen atoms in total. The zero-order valence-corrected chi connectivity index (χ0v) is 12.9. The highest BCUT2D eigenvalue weighted by Gasteiger charge is 2.06. The van der Waals surface area contributed by atoms with Crippen LogP contribution in [0.5, 0.6) is 0 Å². The van der Waals surface area contributed by atoms with Crippen LogP contribution in [0, 0.1) is 0 Å². The summed E-state index contributed by atoms with van der Waals surface area (Å²) >= 11 is 7.73. The normalized spacial score (nSPS) is 12.6. The van der Waals surface area contributed by atoms with Crippen LogP contribution in [-0.4, -0.2) is 16.6 Å². The zero-order chi connectivity index (χ0) is 13.8. The van der Waals surface area contributed by atoms with E-state index in [-0.39, 0.29) is 0 Å². The first-order chi connectivity index (χ1) is 9.11. The lowest BCUT2D eigenvalue weighted by atomic mass is 10.1. The number of hydrogen-bond donors (Lipinski definition) is 1. The summed E-state index contributed by atoms with van der Waals surface area (Å²) in [6.07, 6.45) is 1.69. The monoisotopic (exact) mass is 295 g/mol.